The average molecular weight is 440 g/mol. The number of alkyl halides is 1. The molecule has 2 unspecified atom stereocenters. The highest BCUT2D eigenvalue weighted by atomic mass is 28.4. The molecule has 1 heterocycles. The van der Waals surface area contributed by atoms with Gasteiger partial charge in [0.15, 0.2) is 0 Å². The van der Waals surface area contributed by atoms with Gasteiger partial charge in [-0.3, -0.25) is 0 Å². The smallest absolute Gasteiger partial charge is 0.261 e. The van der Waals surface area contributed by atoms with Crippen molar-refractivity contribution in [2.75, 3.05) is 13.7 Å². The summed E-state index contributed by atoms with van der Waals surface area (Å²) in [6.45, 7) is 8.86. The van der Waals surface area contributed by atoms with Crippen LogP contribution in [0.25, 0.3) is 0 Å². The van der Waals surface area contributed by atoms with Crippen LogP contribution in [0.3, 0.4) is 0 Å². The van der Waals surface area contributed by atoms with Crippen molar-refractivity contribution in [1.82, 2.24) is 0 Å². The highest BCUT2D eigenvalue weighted by Crippen LogP contribution is 2.54. The number of fused-ring (bicyclic) bond motifs is 2. The maximum absolute atomic E-state index is 15.7. The first kappa shape index (κ1) is 22.7. The van der Waals surface area contributed by atoms with E-state index < -0.39 is 20.1 Å². The first-order valence-corrected chi connectivity index (χ1v) is 13.2. The van der Waals surface area contributed by atoms with E-state index in [9.17, 15) is 0 Å². The van der Waals surface area contributed by atoms with Crippen molar-refractivity contribution in [1.29, 1.82) is 0 Å². The fraction of sp³-hybridized carbons (Fsp3) is 0.520. The largest absolute Gasteiger partial charge is 0.404 e. The highest BCUT2D eigenvalue weighted by molar-refractivity contribution is 6.99. The van der Waals surface area contributed by atoms with Gasteiger partial charge in [0.2, 0.25) is 0 Å². The van der Waals surface area contributed by atoms with Crippen LogP contribution in [0.2, 0.25) is 5.04 Å². The van der Waals surface area contributed by atoms with E-state index in [4.69, 9.17) is 13.9 Å². The molecular weight excluding hydrogens is 406 g/mol. The van der Waals surface area contributed by atoms with Gasteiger partial charge in [-0.1, -0.05) is 88.4 Å². The lowest BCUT2D eigenvalue weighted by Crippen LogP contribution is -2.68. The van der Waals surface area contributed by atoms with Crippen LogP contribution in [0.4, 0.5) is 4.39 Å². The van der Waals surface area contributed by atoms with Gasteiger partial charge in [-0.2, -0.15) is 0 Å². The van der Waals surface area contributed by atoms with E-state index in [0.717, 1.165) is 0 Å². The van der Waals surface area contributed by atoms with Crippen LogP contribution in [-0.4, -0.2) is 53.8 Å². The third-order valence-corrected chi connectivity index (χ3v) is 12.5. The minimum Gasteiger partial charge on any atom is -0.404 e. The third-order valence-electron chi connectivity index (χ3n) is 7.50. The van der Waals surface area contributed by atoms with Gasteiger partial charge in [0.25, 0.3) is 8.32 Å². The minimum atomic E-state index is -2.78. The Morgan fingerprint density at radius 3 is 2.00 bits per heavy atom. The van der Waals surface area contributed by atoms with E-state index >= 15 is 4.39 Å². The standard InChI is InChI=1S/C25H34BFO3Si/c1-17-20-22(28-5)25(21(17)27,30-23(20)26)16-29-31(24(2,3)4,18-12-8-6-9-13-18)19-14-10-7-11-15-19/h6-15,17,20-23H,16,26H2,1-5H3/t17?,20-,21?,22+,23-,25+/m1/s1. The molecule has 0 spiro atoms. The fourth-order valence-corrected chi connectivity index (χ4v) is 10.8. The number of ether oxygens (including phenoxy) is 2. The van der Waals surface area contributed by atoms with Crippen molar-refractivity contribution in [3.8, 4) is 0 Å². The van der Waals surface area contributed by atoms with Gasteiger partial charge >= 0.3 is 0 Å². The summed E-state index contributed by atoms with van der Waals surface area (Å²) >= 11 is 0. The summed E-state index contributed by atoms with van der Waals surface area (Å²) in [5.74, 6) is -0.0702. The topological polar surface area (TPSA) is 27.7 Å². The second-order valence-electron chi connectivity index (χ2n) is 10.2. The van der Waals surface area contributed by atoms with E-state index in [1.807, 2.05) is 26.9 Å². The van der Waals surface area contributed by atoms with E-state index in [2.05, 4.69) is 69.3 Å². The normalized spacial score (nSPS) is 33.0. The quantitative estimate of drug-likeness (QED) is 0.647. The Hall–Kier alpha value is -1.47. The Morgan fingerprint density at radius 2 is 1.55 bits per heavy atom. The second-order valence-corrected chi connectivity index (χ2v) is 14.5. The molecule has 2 aromatic rings. The predicted molar refractivity (Wildman–Crippen MR) is 128 cm³/mol. The van der Waals surface area contributed by atoms with Crippen LogP contribution in [0.15, 0.2) is 60.7 Å². The number of hydrogen-bond acceptors (Lipinski definition) is 3. The Balaban J connectivity index is 1.81. The number of rotatable bonds is 6. The molecule has 3 nitrogen and oxygen atoms in total. The molecule has 4 rings (SSSR count). The molecule has 0 N–H and O–H groups in total. The zero-order valence-electron chi connectivity index (χ0n) is 19.5. The van der Waals surface area contributed by atoms with Gasteiger partial charge in [0.1, 0.15) is 19.6 Å². The van der Waals surface area contributed by atoms with Crippen LogP contribution in [0, 0.1) is 11.8 Å². The zero-order chi connectivity index (χ0) is 22.4. The van der Waals surface area contributed by atoms with Crippen LogP contribution in [0.5, 0.6) is 0 Å². The van der Waals surface area contributed by atoms with Gasteiger partial charge in [-0.05, 0) is 21.3 Å². The van der Waals surface area contributed by atoms with E-state index in [0.29, 0.717) is 0 Å². The van der Waals surface area contributed by atoms with Gasteiger partial charge in [0, 0.05) is 19.0 Å². The molecule has 0 amide bonds. The SMILES string of the molecule is B[C@@H]1O[C@@]2(CO[Si](c3ccccc3)(c3ccccc3)C(C)(C)C)C(F)C(C)[C@@H]1[C@@H]2OC. The van der Waals surface area contributed by atoms with Gasteiger partial charge in [0.05, 0.1) is 12.7 Å². The second kappa shape index (κ2) is 8.14. The molecule has 31 heavy (non-hydrogen) atoms. The molecule has 2 fully saturated rings. The maximum atomic E-state index is 15.7. The van der Waals surface area contributed by atoms with Crippen molar-refractivity contribution in [2.24, 2.45) is 11.8 Å². The van der Waals surface area contributed by atoms with E-state index in [-0.39, 0.29) is 35.6 Å². The first-order valence-electron chi connectivity index (χ1n) is 11.3. The van der Waals surface area contributed by atoms with Crippen LogP contribution >= 0.6 is 0 Å². The predicted octanol–water partition coefficient (Wildman–Crippen LogP) is 2.91. The third kappa shape index (κ3) is 3.34. The molecule has 2 aliphatic rings. The molecule has 1 saturated carbocycles. The van der Waals surface area contributed by atoms with Crippen molar-refractivity contribution >= 4 is 26.5 Å². The highest BCUT2D eigenvalue weighted by Gasteiger charge is 2.69. The molecule has 1 saturated heterocycles. The van der Waals surface area contributed by atoms with E-state index in [1.165, 1.54) is 10.4 Å². The summed E-state index contributed by atoms with van der Waals surface area (Å²) in [6.07, 6.45) is -1.41. The first-order chi connectivity index (χ1) is 14.7. The molecule has 0 aromatic heterocycles. The van der Waals surface area contributed by atoms with Crippen molar-refractivity contribution in [2.45, 2.75) is 56.6 Å². The Labute approximate surface area is 187 Å². The zero-order valence-corrected chi connectivity index (χ0v) is 20.5. The molecule has 6 atom stereocenters. The van der Waals surface area contributed by atoms with Crippen LogP contribution < -0.4 is 10.4 Å². The fourth-order valence-electron chi connectivity index (χ4n) is 6.16. The monoisotopic (exact) mass is 440 g/mol. The summed E-state index contributed by atoms with van der Waals surface area (Å²) in [6, 6.07) is 20.9. The van der Waals surface area contributed by atoms with Crippen LogP contribution in [0.1, 0.15) is 27.7 Å². The van der Waals surface area contributed by atoms with Gasteiger partial charge in [-0.15, -0.1) is 0 Å². The number of methoxy groups -OCH3 is 1. The lowest BCUT2D eigenvalue weighted by Gasteiger charge is -2.46. The van der Waals surface area contributed by atoms with E-state index in [1.54, 1.807) is 7.11 Å². The molecule has 1 aliphatic carbocycles. The number of hydrogen-bond donors (Lipinski definition) is 0. The van der Waals surface area contributed by atoms with Gasteiger partial charge in [-0.25, -0.2) is 4.39 Å². The Bertz CT molecular complexity index is 851. The van der Waals surface area contributed by atoms with Gasteiger partial charge < -0.3 is 13.9 Å². The lowest BCUT2D eigenvalue weighted by atomic mass is 9.80. The lowest BCUT2D eigenvalue weighted by molar-refractivity contribution is -0.147. The molecule has 2 aromatic carbocycles. The molecule has 166 valence electrons. The summed E-state index contributed by atoms with van der Waals surface area (Å²) in [4.78, 5) is 0. The average Bonchev–Trinajstić information content (AvgIpc) is 3.15. The summed E-state index contributed by atoms with van der Waals surface area (Å²) < 4.78 is 34.9. The number of benzene rings is 2. The Kier molecular flexibility index (Phi) is 5.97. The van der Waals surface area contributed by atoms with Crippen molar-refractivity contribution in [3.05, 3.63) is 60.7 Å². The molecule has 1 aliphatic heterocycles. The summed E-state index contributed by atoms with van der Waals surface area (Å²) in [5.41, 5.74) is -1.06. The number of halogens is 1. The maximum Gasteiger partial charge on any atom is 0.261 e. The molecular formula is C25H34BFO3Si. The molecule has 6 heteroatoms. The van der Waals surface area contributed by atoms with Crippen molar-refractivity contribution < 1.29 is 18.3 Å². The van der Waals surface area contributed by atoms with Crippen molar-refractivity contribution in [3.63, 3.8) is 0 Å². The summed E-state index contributed by atoms with van der Waals surface area (Å²) in [7, 11) is 0.920. The molecule has 2 bridgehead atoms. The molecule has 0 radical (unpaired) electrons. The van der Waals surface area contributed by atoms with Crippen LogP contribution in [-0.2, 0) is 13.9 Å². The summed E-state index contributed by atoms with van der Waals surface area (Å²) in [5, 5.41) is 2.19. The minimum absolute atomic E-state index is 0.0442. The Morgan fingerprint density at radius 1 is 1.03 bits per heavy atom.